The lowest BCUT2D eigenvalue weighted by molar-refractivity contribution is -0.287. The van der Waals surface area contributed by atoms with Crippen LogP contribution >= 0.6 is 7.37 Å². The van der Waals surface area contributed by atoms with Gasteiger partial charge in [-0.2, -0.15) is 0 Å². The fourth-order valence-corrected chi connectivity index (χ4v) is 7.85. The molecule has 13 heteroatoms. The number of amides is 1. The molecule has 1 aromatic carbocycles. The number of aliphatic hydroxyl groups excluding tert-OH is 3. The molecule has 2 heterocycles. The summed E-state index contributed by atoms with van der Waals surface area (Å²) in [7, 11) is -3.84. The molecule has 12 nitrogen and oxygen atoms in total. The molecular formula is C29H42NO11P. The molecule has 0 bridgehead atoms. The van der Waals surface area contributed by atoms with Gasteiger partial charge in [0.2, 0.25) is 19.6 Å². The molecule has 0 spiro atoms. The molecule has 1 saturated carbocycles. The molecule has 8 atom stereocenters. The number of carboxylic acids is 1. The zero-order valence-corrected chi connectivity index (χ0v) is 24.5. The van der Waals surface area contributed by atoms with Crippen molar-refractivity contribution in [1.82, 2.24) is 4.90 Å². The first-order valence-corrected chi connectivity index (χ1v) is 16.8. The predicted molar refractivity (Wildman–Crippen MR) is 150 cm³/mol. The highest BCUT2D eigenvalue weighted by Gasteiger charge is 2.51. The van der Waals surface area contributed by atoms with Gasteiger partial charge in [-0.3, -0.25) is 9.36 Å². The Labute approximate surface area is 245 Å². The number of carbonyl (C=O) groups excluding carboxylic acids is 2. The Kier molecular flexibility index (Phi) is 11.2. The van der Waals surface area contributed by atoms with Crippen LogP contribution in [0.3, 0.4) is 0 Å². The van der Waals surface area contributed by atoms with Crippen LogP contribution in [0, 0.1) is 11.8 Å². The van der Waals surface area contributed by atoms with E-state index >= 15 is 0 Å². The normalized spacial score (nSPS) is 31.8. The number of ether oxygens (including phenoxy) is 2. The fourth-order valence-electron chi connectivity index (χ4n) is 6.37. The van der Waals surface area contributed by atoms with Crippen LogP contribution in [0.25, 0.3) is 0 Å². The van der Waals surface area contributed by atoms with Crippen LogP contribution in [-0.4, -0.2) is 104 Å². The Hall–Kier alpha value is -2.34. The van der Waals surface area contributed by atoms with Gasteiger partial charge < -0.3 is 39.7 Å². The number of aryl methyl sites for hydroxylation is 1. The quantitative estimate of drug-likeness (QED) is 0.138. The standard InChI is InChI=1S/C29H42NO11P/c31-22(17-42(38,39)14-8-7-11-18-9-3-1-4-10-18)30-16-20(19-12-5-2-6-13-19)15-21(30)28(37)41-29-25(34)23(32)24(33)26(40-29)27(35)36/h1,3-4,9-10,19-21,23-26,29,32-34H,2,5-8,11-17H2,(H,35,36)(H,38,39)/t20-,21+,23?,24?,25?,26?,29?/m1/s1. The minimum Gasteiger partial charge on any atom is -0.479 e. The molecule has 3 fully saturated rings. The van der Waals surface area contributed by atoms with Crippen molar-refractivity contribution in [1.29, 1.82) is 0 Å². The van der Waals surface area contributed by atoms with Crippen molar-refractivity contribution in [3.05, 3.63) is 35.9 Å². The molecule has 0 radical (unpaired) electrons. The Morgan fingerprint density at radius 3 is 2.31 bits per heavy atom. The number of carboxylic acid groups (broad SMARTS) is 1. The van der Waals surface area contributed by atoms with Gasteiger partial charge in [0.1, 0.15) is 30.5 Å². The summed E-state index contributed by atoms with van der Waals surface area (Å²) in [6.07, 6.45) is -3.06. The van der Waals surface area contributed by atoms with E-state index in [1.54, 1.807) is 0 Å². The summed E-state index contributed by atoms with van der Waals surface area (Å²) in [5.74, 6) is -3.00. The second-order valence-corrected chi connectivity index (χ2v) is 14.3. The predicted octanol–water partition coefficient (Wildman–Crippen LogP) is 1.51. The first-order valence-electron chi connectivity index (χ1n) is 14.7. The second-order valence-electron chi connectivity index (χ2n) is 11.8. The van der Waals surface area contributed by atoms with Gasteiger partial charge in [0.15, 0.2) is 6.10 Å². The number of nitrogens with zero attached hydrogens (tertiary/aromatic N) is 1. The summed E-state index contributed by atoms with van der Waals surface area (Å²) in [5, 5.41) is 39.6. The lowest BCUT2D eigenvalue weighted by Gasteiger charge is -2.38. The molecule has 0 aromatic heterocycles. The molecule has 1 aliphatic carbocycles. The van der Waals surface area contributed by atoms with E-state index in [1.807, 2.05) is 30.3 Å². The number of hydrogen-bond donors (Lipinski definition) is 5. The first-order chi connectivity index (χ1) is 20.0. The third-order valence-corrected chi connectivity index (χ3v) is 10.5. The Bertz CT molecular complexity index is 1130. The molecule has 1 aromatic rings. The number of esters is 1. The number of unbranched alkanes of at least 4 members (excludes halogenated alkanes) is 1. The second kappa shape index (κ2) is 14.4. The maximum Gasteiger partial charge on any atom is 0.335 e. The largest absolute Gasteiger partial charge is 0.479 e. The van der Waals surface area contributed by atoms with Crippen LogP contribution < -0.4 is 0 Å². The zero-order chi connectivity index (χ0) is 30.4. The Morgan fingerprint density at radius 2 is 1.64 bits per heavy atom. The van der Waals surface area contributed by atoms with Gasteiger partial charge in [-0.1, -0.05) is 62.4 Å². The third-order valence-electron chi connectivity index (χ3n) is 8.74. The highest BCUT2D eigenvalue weighted by molar-refractivity contribution is 7.58. The summed E-state index contributed by atoms with van der Waals surface area (Å²) < 4.78 is 23.4. The average molecular weight is 612 g/mol. The lowest BCUT2D eigenvalue weighted by Crippen LogP contribution is -2.61. The van der Waals surface area contributed by atoms with E-state index in [0.29, 0.717) is 12.8 Å². The first kappa shape index (κ1) is 32.6. The van der Waals surface area contributed by atoms with E-state index in [2.05, 4.69) is 0 Å². The van der Waals surface area contributed by atoms with Crippen LogP contribution in [0.15, 0.2) is 30.3 Å². The number of likely N-dealkylation sites (tertiary alicyclic amines) is 1. The topological polar surface area (TPSA) is 191 Å². The molecule has 42 heavy (non-hydrogen) atoms. The number of carbonyl (C=O) groups is 3. The van der Waals surface area contributed by atoms with E-state index in [-0.39, 0.29) is 31.0 Å². The maximum absolute atomic E-state index is 13.4. The van der Waals surface area contributed by atoms with Crippen molar-refractivity contribution in [3.63, 3.8) is 0 Å². The van der Waals surface area contributed by atoms with Crippen LogP contribution in [0.2, 0.25) is 0 Å². The number of rotatable bonds is 11. The van der Waals surface area contributed by atoms with E-state index in [0.717, 1.165) is 44.1 Å². The molecule has 234 valence electrons. The van der Waals surface area contributed by atoms with E-state index in [4.69, 9.17) is 9.47 Å². The lowest BCUT2D eigenvalue weighted by atomic mass is 9.79. The molecule has 3 aliphatic rings. The molecule has 5 N–H and O–H groups in total. The Morgan fingerprint density at radius 1 is 0.952 bits per heavy atom. The number of aliphatic carboxylic acids is 1. The van der Waals surface area contributed by atoms with Gasteiger partial charge >= 0.3 is 11.9 Å². The van der Waals surface area contributed by atoms with Gasteiger partial charge in [-0.15, -0.1) is 0 Å². The number of hydrogen-bond acceptors (Lipinski definition) is 9. The van der Waals surface area contributed by atoms with E-state index in [9.17, 15) is 44.3 Å². The van der Waals surface area contributed by atoms with Crippen molar-refractivity contribution in [2.24, 2.45) is 11.8 Å². The maximum atomic E-state index is 13.4. The van der Waals surface area contributed by atoms with E-state index in [1.165, 1.54) is 4.90 Å². The minimum absolute atomic E-state index is 0.0283. The minimum atomic E-state index is -3.84. The number of aliphatic hydroxyl groups is 3. The van der Waals surface area contributed by atoms with Crippen LogP contribution in [0.4, 0.5) is 0 Å². The molecular weight excluding hydrogens is 569 g/mol. The molecule has 2 aliphatic heterocycles. The molecule has 1 amide bonds. The fraction of sp³-hybridized carbons (Fsp3) is 0.690. The van der Waals surface area contributed by atoms with Gasteiger partial charge in [0.05, 0.1) is 0 Å². The van der Waals surface area contributed by atoms with Gasteiger partial charge in [-0.25, -0.2) is 9.59 Å². The highest BCUT2D eigenvalue weighted by Crippen LogP contribution is 2.44. The van der Waals surface area contributed by atoms with Gasteiger partial charge in [0.25, 0.3) is 0 Å². The van der Waals surface area contributed by atoms with Crippen molar-refractivity contribution in [3.8, 4) is 0 Å². The summed E-state index contributed by atoms with van der Waals surface area (Å²) >= 11 is 0. The SMILES string of the molecule is O=C(O)C1OC(OC(=O)[C@@H]2C[C@@H](C3CCCCC3)CN2C(=O)CP(=O)(O)CCCCc2ccccc2)C(O)C(O)C1O. The van der Waals surface area contributed by atoms with Crippen molar-refractivity contribution < 1.29 is 53.7 Å². The number of benzene rings is 1. The summed E-state index contributed by atoms with van der Waals surface area (Å²) in [6.45, 7) is 0.213. The Balaban J connectivity index is 1.41. The molecule has 6 unspecified atom stereocenters. The molecule has 2 saturated heterocycles. The van der Waals surface area contributed by atoms with Crippen molar-refractivity contribution in [2.75, 3.05) is 18.9 Å². The van der Waals surface area contributed by atoms with Crippen LogP contribution in [0.5, 0.6) is 0 Å². The van der Waals surface area contributed by atoms with E-state index < -0.39 is 68.1 Å². The zero-order valence-electron chi connectivity index (χ0n) is 23.6. The highest BCUT2D eigenvalue weighted by atomic mass is 31.2. The van der Waals surface area contributed by atoms with Crippen molar-refractivity contribution in [2.45, 2.75) is 94.5 Å². The summed E-state index contributed by atoms with van der Waals surface area (Å²) in [6, 6.07) is 8.62. The summed E-state index contributed by atoms with van der Waals surface area (Å²) in [4.78, 5) is 50.1. The molecule has 4 rings (SSSR count). The average Bonchev–Trinajstić information content (AvgIpc) is 3.42. The van der Waals surface area contributed by atoms with Crippen LogP contribution in [0.1, 0.15) is 56.9 Å². The van der Waals surface area contributed by atoms with Crippen LogP contribution in [-0.2, 0) is 34.8 Å². The van der Waals surface area contributed by atoms with Gasteiger partial charge in [0, 0.05) is 12.7 Å². The smallest absolute Gasteiger partial charge is 0.335 e. The van der Waals surface area contributed by atoms with Crippen molar-refractivity contribution >= 4 is 25.2 Å². The summed E-state index contributed by atoms with van der Waals surface area (Å²) in [5.41, 5.74) is 1.12. The van der Waals surface area contributed by atoms with Gasteiger partial charge in [-0.05, 0) is 43.1 Å². The third kappa shape index (κ3) is 8.18. The monoisotopic (exact) mass is 611 g/mol.